The van der Waals surface area contributed by atoms with Gasteiger partial charge in [-0.1, -0.05) is 35.9 Å². The predicted octanol–water partition coefficient (Wildman–Crippen LogP) is 3.13. The average molecular weight is 387 g/mol. The van der Waals surface area contributed by atoms with E-state index in [1.165, 1.54) is 5.56 Å². The molecule has 2 aromatic carbocycles. The molecule has 1 unspecified atom stereocenters. The molecule has 4 rings (SSSR count). The number of nitrogens with zero attached hydrogens (tertiary/aromatic N) is 2. The maximum Gasteiger partial charge on any atom is 0.243 e. The molecular formula is C21H26N2O3S. The molecule has 144 valence electrons. The molecule has 0 bridgehead atoms. The van der Waals surface area contributed by atoms with Gasteiger partial charge in [-0.05, 0) is 31.5 Å². The summed E-state index contributed by atoms with van der Waals surface area (Å²) < 4.78 is 33.6. The molecule has 0 aliphatic carbocycles. The van der Waals surface area contributed by atoms with Crippen LogP contribution in [-0.4, -0.2) is 50.4 Å². The van der Waals surface area contributed by atoms with Gasteiger partial charge in [0.1, 0.15) is 5.75 Å². The van der Waals surface area contributed by atoms with E-state index < -0.39 is 10.0 Å². The van der Waals surface area contributed by atoms with Gasteiger partial charge < -0.3 is 4.74 Å². The molecule has 0 spiro atoms. The molecule has 0 radical (unpaired) electrons. The second-order valence-electron chi connectivity index (χ2n) is 7.40. The van der Waals surface area contributed by atoms with Crippen LogP contribution in [0.2, 0.25) is 0 Å². The number of hydrogen-bond acceptors (Lipinski definition) is 4. The molecule has 0 aromatic heterocycles. The van der Waals surface area contributed by atoms with Crippen LogP contribution in [-0.2, 0) is 10.0 Å². The molecule has 2 aliphatic heterocycles. The van der Waals surface area contributed by atoms with Gasteiger partial charge in [0.2, 0.25) is 10.0 Å². The number of aryl methyl sites for hydroxylation is 2. The zero-order valence-corrected chi connectivity index (χ0v) is 16.7. The quantitative estimate of drug-likeness (QED) is 0.813. The van der Waals surface area contributed by atoms with E-state index in [0.717, 1.165) is 36.4 Å². The van der Waals surface area contributed by atoms with Crippen molar-refractivity contribution < 1.29 is 13.2 Å². The highest BCUT2D eigenvalue weighted by Crippen LogP contribution is 2.36. The monoisotopic (exact) mass is 386 g/mol. The lowest BCUT2D eigenvalue weighted by Crippen LogP contribution is -2.50. The van der Waals surface area contributed by atoms with Crippen molar-refractivity contribution in [2.24, 2.45) is 0 Å². The Morgan fingerprint density at radius 1 is 1.00 bits per heavy atom. The first-order chi connectivity index (χ1) is 13.0. The van der Waals surface area contributed by atoms with Gasteiger partial charge in [-0.2, -0.15) is 4.31 Å². The number of piperazine rings is 1. The van der Waals surface area contributed by atoms with Crippen LogP contribution in [0.3, 0.4) is 0 Å². The molecule has 1 atom stereocenters. The van der Waals surface area contributed by atoms with Crippen LogP contribution in [0.25, 0.3) is 0 Å². The van der Waals surface area contributed by atoms with Crippen LogP contribution in [0.15, 0.2) is 47.4 Å². The van der Waals surface area contributed by atoms with Gasteiger partial charge in [-0.25, -0.2) is 8.42 Å². The number of benzene rings is 2. The lowest BCUT2D eigenvalue weighted by atomic mass is 9.98. The van der Waals surface area contributed by atoms with E-state index in [1.54, 1.807) is 10.4 Å². The third kappa shape index (κ3) is 3.49. The summed E-state index contributed by atoms with van der Waals surface area (Å²) in [5, 5.41) is 0. The topological polar surface area (TPSA) is 49.9 Å². The van der Waals surface area contributed by atoms with E-state index in [-0.39, 0.29) is 0 Å². The summed E-state index contributed by atoms with van der Waals surface area (Å²) in [6.07, 6.45) is 0.945. The van der Waals surface area contributed by atoms with Gasteiger partial charge >= 0.3 is 0 Å². The SMILES string of the molecule is Cc1ccc(S(=O)(=O)N2CCN(C3CCOc4ccccc43)CC2)c(C)c1. The minimum atomic E-state index is -3.44. The van der Waals surface area contributed by atoms with Crippen LogP contribution >= 0.6 is 0 Å². The predicted molar refractivity (Wildman–Crippen MR) is 106 cm³/mol. The van der Waals surface area contributed by atoms with E-state index in [4.69, 9.17) is 4.74 Å². The summed E-state index contributed by atoms with van der Waals surface area (Å²) in [6, 6.07) is 14.0. The first-order valence-electron chi connectivity index (χ1n) is 9.50. The summed E-state index contributed by atoms with van der Waals surface area (Å²) >= 11 is 0. The van der Waals surface area contributed by atoms with Crippen molar-refractivity contribution in [3.63, 3.8) is 0 Å². The Balaban J connectivity index is 1.49. The average Bonchev–Trinajstić information content (AvgIpc) is 2.67. The smallest absolute Gasteiger partial charge is 0.243 e. The summed E-state index contributed by atoms with van der Waals surface area (Å²) in [5.74, 6) is 0.957. The van der Waals surface area contributed by atoms with Crippen molar-refractivity contribution in [2.45, 2.75) is 31.2 Å². The molecule has 2 heterocycles. The van der Waals surface area contributed by atoms with Crippen molar-refractivity contribution >= 4 is 10.0 Å². The van der Waals surface area contributed by atoms with Crippen LogP contribution in [0.5, 0.6) is 5.75 Å². The lowest BCUT2D eigenvalue weighted by molar-refractivity contribution is 0.103. The molecule has 2 aromatic rings. The molecule has 0 N–H and O–H groups in total. The van der Waals surface area contributed by atoms with Gasteiger partial charge in [0.15, 0.2) is 0 Å². The number of ether oxygens (including phenoxy) is 1. The second-order valence-corrected chi connectivity index (χ2v) is 9.31. The zero-order chi connectivity index (χ0) is 19.0. The molecule has 1 saturated heterocycles. The Bertz CT molecular complexity index is 934. The van der Waals surface area contributed by atoms with E-state index in [2.05, 4.69) is 11.0 Å². The molecule has 5 nitrogen and oxygen atoms in total. The summed E-state index contributed by atoms with van der Waals surface area (Å²) in [5.41, 5.74) is 3.11. The number of rotatable bonds is 3. The number of para-hydroxylation sites is 1. The minimum absolute atomic E-state index is 0.306. The molecule has 6 heteroatoms. The van der Waals surface area contributed by atoms with E-state index in [1.807, 2.05) is 44.2 Å². The number of sulfonamides is 1. The summed E-state index contributed by atoms with van der Waals surface area (Å²) in [4.78, 5) is 2.83. The van der Waals surface area contributed by atoms with Gasteiger partial charge in [-0.3, -0.25) is 4.90 Å². The fourth-order valence-electron chi connectivity index (χ4n) is 4.19. The molecule has 2 aliphatic rings. The summed E-state index contributed by atoms with van der Waals surface area (Å²) in [7, 11) is -3.44. The third-order valence-electron chi connectivity index (χ3n) is 5.59. The second kappa shape index (κ2) is 7.26. The molecule has 27 heavy (non-hydrogen) atoms. The van der Waals surface area contributed by atoms with Gasteiger partial charge in [0.25, 0.3) is 0 Å². The maximum absolute atomic E-state index is 13.1. The Hall–Kier alpha value is -1.89. The van der Waals surface area contributed by atoms with E-state index in [0.29, 0.717) is 30.6 Å². The standard InChI is InChI=1S/C21H26N2O3S/c1-16-7-8-21(17(2)15-16)27(24,25)23-12-10-22(11-13-23)19-9-14-26-20-6-4-3-5-18(19)20/h3-8,15,19H,9-14H2,1-2H3. The third-order valence-corrected chi connectivity index (χ3v) is 7.65. The fourth-order valence-corrected chi connectivity index (χ4v) is 5.81. The van der Waals surface area contributed by atoms with Crippen molar-refractivity contribution in [1.82, 2.24) is 9.21 Å². The lowest BCUT2D eigenvalue weighted by Gasteiger charge is -2.40. The van der Waals surface area contributed by atoms with Gasteiger partial charge in [-0.15, -0.1) is 0 Å². The van der Waals surface area contributed by atoms with Crippen LogP contribution < -0.4 is 4.74 Å². The maximum atomic E-state index is 13.1. The first-order valence-corrected chi connectivity index (χ1v) is 10.9. The van der Waals surface area contributed by atoms with Crippen LogP contribution in [0, 0.1) is 13.8 Å². The van der Waals surface area contributed by atoms with Crippen molar-refractivity contribution in [2.75, 3.05) is 32.8 Å². The number of hydrogen-bond donors (Lipinski definition) is 0. The Kier molecular flexibility index (Phi) is 4.97. The van der Waals surface area contributed by atoms with Crippen molar-refractivity contribution in [3.05, 3.63) is 59.2 Å². The van der Waals surface area contributed by atoms with E-state index in [9.17, 15) is 8.42 Å². The molecular weight excluding hydrogens is 360 g/mol. The first kappa shape index (κ1) is 18.5. The number of fused-ring (bicyclic) bond motifs is 1. The van der Waals surface area contributed by atoms with Crippen molar-refractivity contribution in [1.29, 1.82) is 0 Å². The summed E-state index contributed by atoms with van der Waals surface area (Å²) in [6.45, 7) is 7.09. The molecule has 0 amide bonds. The van der Waals surface area contributed by atoms with Gasteiger partial charge in [0, 0.05) is 44.2 Å². The minimum Gasteiger partial charge on any atom is -0.493 e. The zero-order valence-electron chi connectivity index (χ0n) is 15.9. The normalized spacial score (nSPS) is 21.5. The Labute approximate surface area is 161 Å². The van der Waals surface area contributed by atoms with E-state index >= 15 is 0 Å². The Morgan fingerprint density at radius 2 is 1.74 bits per heavy atom. The highest BCUT2D eigenvalue weighted by molar-refractivity contribution is 7.89. The van der Waals surface area contributed by atoms with Crippen LogP contribution in [0.1, 0.15) is 29.2 Å². The highest BCUT2D eigenvalue weighted by atomic mass is 32.2. The fraction of sp³-hybridized carbons (Fsp3) is 0.429. The van der Waals surface area contributed by atoms with Crippen molar-refractivity contribution in [3.8, 4) is 5.75 Å². The largest absolute Gasteiger partial charge is 0.493 e. The highest BCUT2D eigenvalue weighted by Gasteiger charge is 2.34. The Morgan fingerprint density at radius 3 is 2.48 bits per heavy atom. The molecule has 1 fully saturated rings. The molecule has 0 saturated carbocycles. The van der Waals surface area contributed by atoms with Gasteiger partial charge in [0.05, 0.1) is 11.5 Å². The van der Waals surface area contributed by atoms with Crippen LogP contribution in [0.4, 0.5) is 0 Å².